The summed E-state index contributed by atoms with van der Waals surface area (Å²) in [4.78, 5) is 3.34. The van der Waals surface area contributed by atoms with Crippen molar-refractivity contribution in [2.45, 2.75) is 31.8 Å². The molecule has 2 heterocycles. The number of nitrogens with one attached hydrogen (secondary N) is 3. The third-order valence-corrected chi connectivity index (χ3v) is 4.28. The lowest BCUT2D eigenvalue weighted by Crippen LogP contribution is -3.00. The molecule has 1 aromatic carbocycles. The molecule has 0 amide bonds. The van der Waals surface area contributed by atoms with Crippen LogP contribution in [0.2, 0.25) is 0 Å². The van der Waals surface area contributed by atoms with Crippen molar-refractivity contribution in [3.63, 3.8) is 0 Å². The molecule has 0 spiro atoms. The third-order valence-electron chi connectivity index (χ3n) is 4.28. The van der Waals surface area contributed by atoms with Gasteiger partial charge in [0, 0.05) is 12.8 Å². The molecule has 0 fully saturated rings. The molecule has 0 saturated carbocycles. The van der Waals surface area contributed by atoms with E-state index in [2.05, 4.69) is 45.2 Å². The van der Waals surface area contributed by atoms with E-state index in [-0.39, 0.29) is 34.0 Å². The summed E-state index contributed by atoms with van der Waals surface area (Å²) in [6, 6.07) is 8.41. The Hall–Kier alpha value is -0.790. The number of ether oxygens (including phenoxy) is 1. The van der Waals surface area contributed by atoms with E-state index in [0.29, 0.717) is 6.10 Å². The molecule has 136 valence electrons. The van der Waals surface area contributed by atoms with Gasteiger partial charge in [0.2, 0.25) is 0 Å². The van der Waals surface area contributed by atoms with Crippen LogP contribution in [0.5, 0.6) is 5.75 Å². The number of fused-ring (bicyclic) bond motifs is 1. The fourth-order valence-corrected chi connectivity index (χ4v) is 3.01. The minimum Gasteiger partial charge on any atom is -1.00 e. The number of benzene rings is 1. The van der Waals surface area contributed by atoms with Gasteiger partial charge in [0.15, 0.2) is 0 Å². The van der Waals surface area contributed by atoms with Gasteiger partial charge >= 0.3 is 5.96 Å². The lowest BCUT2D eigenvalue weighted by Gasteiger charge is -2.24. The smallest absolute Gasteiger partial charge is 0.343 e. The summed E-state index contributed by atoms with van der Waals surface area (Å²) in [5.41, 5.74) is 1.35. The highest BCUT2D eigenvalue weighted by atomic mass is 79.9. The molecular weight excluding hydrogens is 436 g/mol. The highest BCUT2D eigenvalue weighted by Gasteiger charge is 2.20. The van der Waals surface area contributed by atoms with Crippen molar-refractivity contribution in [1.82, 2.24) is 10.6 Å². The molecule has 0 aliphatic carbocycles. The van der Waals surface area contributed by atoms with Crippen molar-refractivity contribution in [2.75, 3.05) is 32.7 Å². The van der Waals surface area contributed by atoms with Crippen LogP contribution in [0.3, 0.4) is 0 Å². The zero-order chi connectivity index (χ0) is 15.0. The lowest BCUT2D eigenvalue weighted by atomic mass is 10.0. The summed E-state index contributed by atoms with van der Waals surface area (Å²) in [7, 11) is 0. The Bertz CT molecular complexity index is 513. The Balaban J connectivity index is 0.00000144. The second-order valence-electron chi connectivity index (χ2n) is 6.06. The van der Waals surface area contributed by atoms with E-state index < -0.39 is 0 Å². The van der Waals surface area contributed by atoms with Crippen LogP contribution in [0.4, 0.5) is 0 Å². The molecule has 3 rings (SSSR count). The van der Waals surface area contributed by atoms with Crippen LogP contribution in [-0.2, 0) is 6.42 Å². The van der Waals surface area contributed by atoms with Gasteiger partial charge < -0.3 is 44.0 Å². The molecule has 1 atom stereocenters. The number of hydrogen-bond donors (Lipinski definition) is 4. The number of guanidine groups is 1. The number of aryl methyl sites for hydroxylation is 1. The fourth-order valence-electron chi connectivity index (χ4n) is 3.01. The lowest BCUT2D eigenvalue weighted by molar-refractivity contribution is -0.660. The molecule has 5 nitrogen and oxygen atoms in total. The first-order valence-electron chi connectivity index (χ1n) is 8.56. The first kappa shape index (κ1) is 21.3. The largest absolute Gasteiger partial charge is 1.00 e. The van der Waals surface area contributed by atoms with E-state index in [1.807, 2.05) is 0 Å². The Morgan fingerprint density at radius 2 is 2.17 bits per heavy atom. The van der Waals surface area contributed by atoms with E-state index >= 15 is 0 Å². The van der Waals surface area contributed by atoms with Gasteiger partial charge in [0.1, 0.15) is 18.4 Å². The molecule has 1 aromatic rings. The van der Waals surface area contributed by atoms with Crippen molar-refractivity contribution < 1.29 is 49.0 Å². The van der Waals surface area contributed by atoms with E-state index in [4.69, 9.17) is 4.74 Å². The summed E-state index contributed by atoms with van der Waals surface area (Å²) >= 11 is 0. The van der Waals surface area contributed by atoms with Gasteiger partial charge in [-0.2, -0.15) is 0 Å². The van der Waals surface area contributed by atoms with Gasteiger partial charge in [-0.05, 0) is 24.5 Å². The predicted octanol–water partition coefficient (Wildman–Crippen LogP) is -7.64. The van der Waals surface area contributed by atoms with Gasteiger partial charge in [0.25, 0.3) is 0 Å². The monoisotopic (exact) mass is 462 g/mol. The Kier molecular flexibility index (Phi) is 10.4. The third kappa shape index (κ3) is 6.61. The number of quaternary nitrogens is 1. The molecule has 5 N–H and O–H groups in total. The second-order valence-corrected chi connectivity index (χ2v) is 6.06. The summed E-state index contributed by atoms with van der Waals surface area (Å²) in [6.45, 7) is 5.35. The summed E-state index contributed by atoms with van der Waals surface area (Å²) < 4.78 is 6.06. The molecule has 0 saturated heterocycles. The van der Waals surface area contributed by atoms with E-state index in [0.717, 1.165) is 63.7 Å². The van der Waals surface area contributed by atoms with Crippen LogP contribution in [0.1, 0.15) is 24.8 Å². The SMILES string of the molecule is [Br-].[Br-].c1ccc2c(c1)CC[C@H](C[NH2+]CCCNC1=[NH+]CCCN1)O2. The van der Waals surface area contributed by atoms with Gasteiger partial charge in [-0.1, -0.05) is 18.2 Å². The maximum absolute atomic E-state index is 6.06. The number of nitrogens with two attached hydrogens (primary N) is 1. The Morgan fingerprint density at radius 1 is 1.29 bits per heavy atom. The van der Waals surface area contributed by atoms with E-state index in [1.54, 1.807) is 0 Å². The molecule has 0 radical (unpaired) electrons. The van der Waals surface area contributed by atoms with Crippen molar-refractivity contribution in [2.24, 2.45) is 0 Å². The Labute approximate surface area is 165 Å². The zero-order valence-corrected chi connectivity index (χ0v) is 17.2. The van der Waals surface area contributed by atoms with Crippen LogP contribution in [0.15, 0.2) is 24.3 Å². The van der Waals surface area contributed by atoms with Crippen molar-refractivity contribution in [3.8, 4) is 5.75 Å². The second kappa shape index (κ2) is 11.7. The van der Waals surface area contributed by atoms with Crippen LogP contribution < -0.4 is 59.6 Å². The van der Waals surface area contributed by atoms with Gasteiger partial charge in [-0.25, -0.2) is 0 Å². The van der Waals surface area contributed by atoms with Crippen LogP contribution in [-0.4, -0.2) is 44.8 Å². The predicted molar refractivity (Wildman–Crippen MR) is 86.9 cm³/mol. The van der Waals surface area contributed by atoms with Gasteiger partial charge in [-0.15, -0.1) is 0 Å². The summed E-state index contributed by atoms with van der Waals surface area (Å²) in [5.74, 6) is 2.18. The van der Waals surface area contributed by atoms with Gasteiger partial charge in [-0.3, -0.25) is 15.6 Å². The molecule has 24 heavy (non-hydrogen) atoms. The molecule has 2 aliphatic heterocycles. The first-order chi connectivity index (χ1) is 10.9. The highest BCUT2D eigenvalue weighted by Crippen LogP contribution is 2.26. The van der Waals surface area contributed by atoms with Crippen LogP contribution in [0, 0.1) is 0 Å². The standard InChI is InChI=1S/C17H26N4O.2BrH/c1-2-6-16-14(5-1)7-8-15(22-16)13-18-9-3-10-19-17-20-11-4-12-21-17;;/h1-2,5-6,15,18H,3-4,7-13H2,(H2,19,20,21);2*1H/t15-;;/m1../s1. The first-order valence-corrected chi connectivity index (χ1v) is 8.56. The maximum Gasteiger partial charge on any atom is 0.343 e. The van der Waals surface area contributed by atoms with Crippen molar-refractivity contribution in [3.05, 3.63) is 29.8 Å². The van der Waals surface area contributed by atoms with Crippen molar-refractivity contribution >= 4 is 5.96 Å². The molecule has 0 aromatic heterocycles. The minimum atomic E-state index is 0. The topological polar surface area (TPSA) is 63.9 Å². The average Bonchev–Trinajstić information content (AvgIpc) is 2.59. The van der Waals surface area contributed by atoms with Crippen LogP contribution in [0.25, 0.3) is 0 Å². The highest BCUT2D eigenvalue weighted by molar-refractivity contribution is 5.73. The van der Waals surface area contributed by atoms with Crippen LogP contribution >= 0.6 is 0 Å². The number of rotatable bonds is 6. The molecule has 0 bridgehead atoms. The molecular formula is C17H28Br2N4O. The molecule has 7 heteroatoms. The normalized spacial score (nSPS) is 18.7. The zero-order valence-electron chi connectivity index (χ0n) is 14.0. The Morgan fingerprint density at radius 3 is 3.00 bits per heavy atom. The van der Waals surface area contributed by atoms with Crippen molar-refractivity contribution in [1.29, 1.82) is 0 Å². The number of para-hydroxylation sites is 1. The van der Waals surface area contributed by atoms with E-state index in [1.165, 1.54) is 12.0 Å². The number of halogens is 2. The molecule has 0 unspecified atom stereocenters. The summed E-state index contributed by atoms with van der Waals surface area (Å²) in [5, 5.41) is 9.13. The average molecular weight is 464 g/mol. The molecule has 2 aliphatic rings. The minimum absolute atomic E-state index is 0. The summed E-state index contributed by atoms with van der Waals surface area (Å²) in [6.07, 6.45) is 5.00. The quantitative estimate of drug-likeness (QED) is 0.317. The number of hydrogen-bond acceptors (Lipinski definition) is 3. The maximum atomic E-state index is 6.06. The fraction of sp³-hybridized carbons (Fsp3) is 0.588. The van der Waals surface area contributed by atoms with E-state index in [9.17, 15) is 0 Å². The van der Waals surface area contributed by atoms with Gasteiger partial charge in [0.05, 0.1) is 26.2 Å².